The zero-order chi connectivity index (χ0) is 6.78. The number of nitrogens with one attached hydrogen (secondary N) is 1. The first-order chi connectivity index (χ1) is 3.50. The van der Waals surface area contributed by atoms with Crippen molar-refractivity contribution in [1.82, 2.24) is 4.72 Å². The van der Waals surface area contributed by atoms with Crippen molar-refractivity contribution >= 4 is 41.9 Å². The Balaban J connectivity index is 4.17. The maximum absolute atomic E-state index is 10.5. The standard InChI is InChI=1S/C2H5Br2NO2S/c1-5-8(6,7)2(3)4/h2,5H,1H3. The summed E-state index contributed by atoms with van der Waals surface area (Å²) in [6, 6.07) is 0. The van der Waals surface area contributed by atoms with Crippen molar-refractivity contribution in [3.05, 3.63) is 0 Å². The topological polar surface area (TPSA) is 46.2 Å². The van der Waals surface area contributed by atoms with E-state index in [0.717, 1.165) is 0 Å². The monoisotopic (exact) mass is 265 g/mol. The Morgan fingerprint density at radius 3 is 1.88 bits per heavy atom. The third-order valence-electron chi connectivity index (χ3n) is 0.519. The minimum atomic E-state index is -3.15. The van der Waals surface area contributed by atoms with Gasteiger partial charge in [-0.15, -0.1) is 0 Å². The van der Waals surface area contributed by atoms with E-state index in [1.807, 2.05) is 0 Å². The summed E-state index contributed by atoms with van der Waals surface area (Å²) in [6.45, 7) is 0. The molecule has 0 unspecified atom stereocenters. The van der Waals surface area contributed by atoms with Gasteiger partial charge < -0.3 is 0 Å². The van der Waals surface area contributed by atoms with E-state index in [-0.39, 0.29) is 0 Å². The molecule has 0 saturated heterocycles. The van der Waals surface area contributed by atoms with Gasteiger partial charge in [0.1, 0.15) is 0 Å². The number of halogens is 2. The molecule has 0 atom stereocenters. The molecule has 0 saturated carbocycles. The second-order valence-corrected chi connectivity index (χ2v) is 7.25. The second-order valence-electron chi connectivity index (χ2n) is 1.01. The smallest absolute Gasteiger partial charge is 0.217 e. The highest BCUT2D eigenvalue weighted by Gasteiger charge is 2.14. The fourth-order valence-electron chi connectivity index (χ4n) is 0.0891. The predicted octanol–water partition coefficient (Wildman–Crippen LogP) is 0.609. The van der Waals surface area contributed by atoms with Gasteiger partial charge >= 0.3 is 0 Å². The van der Waals surface area contributed by atoms with Gasteiger partial charge in [-0.3, -0.25) is 0 Å². The Morgan fingerprint density at radius 1 is 1.50 bits per heavy atom. The zero-order valence-electron chi connectivity index (χ0n) is 4.06. The number of sulfonamides is 1. The molecule has 1 N–H and O–H groups in total. The van der Waals surface area contributed by atoms with Crippen molar-refractivity contribution in [3.8, 4) is 0 Å². The highest BCUT2D eigenvalue weighted by atomic mass is 79.9. The molecule has 0 fully saturated rings. The van der Waals surface area contributed by atoms with Crippen molar-refractivity contribution in [3.63, 3.8) is 0 Å². The first-order valence-electron chi connectivity index (χ1n) is 1.71. The Kier molecular flexibility index (Phi) is 3.49. The molecule has 6 heteroatoms. The highest BCUT2D eigenvalue weighted by molar-refractivity contribution is 9.27. The summed E-state index contributed by atoms with van der Waals surface area (Å²) in [5.41, 5.74) is 0. The maximum Gasteiger partial charge on any atom is 0.234 e. The van der Waals surface area contributed by atoms with Crippen LogP contribution in [0.15, 0.2) is 0 Å². The van der Waals surface area contributed by atoms with Crippen molar-refractivity contribution in [2.75, 3.05) is 7.05 Å². The minimum Gasteiger partial charge on any atom is -0.217 e. The lowest BCUT2D eigenvalue weighted by Crippen LogP contribution is -2.23. The molecule has 3 nitrogen and oxygen atoms in total. The van der Waals surface area contributed by atoms with Crippen LogP contribution in [0.5, 0.6) is 0 Å². The molecule has 0 spiro atoms. The molecule has 0 rings (SSSR count). The van der Waals surface area contributed by atoms with Crippen LogP contribution in [-0.4, -0.2) is 18.5 Å². The fraction of sp³-hybridized carbons (Fsp3) is 1.00. The third-order valence-corrected chi connectivity index (χ3v) is 4.51. The van der Waals surface area contributed by atoms with Crippen molar-refractivity contribution in [1.29, 1.82) is 0 Å². The number of hydrogen-bond donors (Lipinski definition) is 1. The largest absolute Gasteiger partial charge is 0.234 e. The lowest BCUT2D eigenvalue weighted by molar-refractivity contribution is 0.592. The molecule has 50 valence electrons. The van der Waals surface area contributed by atoms with Crippen LogP contribution < -0.4 is 4.72 Å². The SMILES string of the molecule is CNS(=O)(=O)C(Br)Br. The Bertz CT molecular complexity index is 151. The van der Waals surface area contributed by atoms with Gasteiger partial charge in [-0.2, -0.15) is 0 Å². The van der Waals surface area contributed by atoms with E-state index in [9.17, 15) is 8.42 Å². The lowest BCUT2D eigenvalue weighted by atomic mass is 11.6. The van der Waals surface area contributed by atoms with Crippen LogP contribution in [-0.2, 0) is 10.0 Å². The molecule has 0 radical (unpaired) electrons. The number of rotatable bonds is 2. The van der Waals surface area contributed by atoms with Gasteiger partial charge in [-0.05, 0) is 7.05 Å². The lowest BCUT2D eigenvalue weighted by Gasteiger charge is -1.99. The van der Waals surface area contributed by atoms with E-state index < -0.39 is 13.1 Å². The van der Waals surface area contributed by atoms with E-state index in [4.69, 9.17) is 0 Å². The molecular formula is C2H5Br2NO2S. The van der Waals surface area contributed by atoms with Crippen LogP contribution in [0.25, 0.3) is 0 Å². The summed E-state index contributed by atoms with van der Waals surface area (Å²) < 4.78 is 22.4. The van der Waals surface area contributed by atoms with Crippen molar-refractivity contribution in [2.24, 2.45) is 0 Å². The molecular weight excluding hydrogens is 262 g/mol. The van der Waals surface area contributed by atoms with Crippen molar-refractivity contribution < 1.29 is 8.42 Å². The first kappa shape index (κ1) is 8.87. The van der Waals surface area contributed by atoms with E-state index in [1.165, 1.54) is 7.05 Å². The molecule has 0 aliphatic carbocycles. The molecule has 0 aliphatic rings. The van der Waals surface area contributed by atoms with Gasteiger partial charge in [-0.1, -0.05) is 31.9 Å². The first-order valence-corrected chi connectivity index (χ1v) is 5.09. The fourth-order valence-corrected chi connectivity index (χ4v) is 1.39. The van der Waals surface area contributed by atoms with Crippen LogP contribution in [0, 0.1) is 0 Å². The predicted molar refractivity (Wildman–Crippen MR) is 39.6 cm³/mol. The maximum atomic E-state index is 10.5. The van der Waals surface area contributed by atoms with Gasteiger partial charge in [-0.25, -0.2) is 13.1 Å². The molecule has 0 aromatic carbocycles. The second kappa shape index (κ2) is 3.14. The molecule has 0 bridgehead atoms. The molecule has 0 aliphatic heterocycles. The van der Waals surface area contributed by atoms with Crippen LogP contribution in [0.4, 0.5) is 0 Å². The minimum absolute atomic E-state index is 0.701. The summed E-state index contributed by atoms with van der Waals surface area (Å²) in [7, 11) is -1.80. The molecule has 0 aromatic heterocycles. The van der Waals surface area contributed by atoms with Crippen LogP contribution >= 0.6 is 31.9 Å². The summed E-state index contributed by atoms with van der Waals surface area (Å²) in [5, 5.41) is 0. The van der Waals surface area contributed by atoms with E-state index in [2.05, 4.69) is 36.6 Å². The Hall–Kier alpha value is 0.870. The van der Waals surface area contributed by atoms with Crippen LogP contribution in [0.1, 0.15) is 0 Å². The van der Waals surface area contributed by atoms with Gasteiger partial charge in [0.25, 0.3) is 0 Å². The normalized spacial score (nSPS) is 12.5. The number of hydrogen-bond acceptors (Lipinski definition) is 2. The molecule has 0 aromatic rings. The molecule has 0 heterocycles. The van der Waals surface area contributed by atoms with Crippen LogP contribution in [0.2, 0.25) is 0 Å². The van der Waals surface area contributed by atoms with E-state index >= 15 is 0 Å². The van der Waals surface area contributed by atoms with Gasteiger partial charge in [0.15, 0.2) is 3.07 Å². The summed E-state index contributed by atoms with van der Waals surface area (Å²) in [6.07, 6.45) is 0. The Morgan fingerprint density at radius 2 is 1.88 bits per heavy atom. The summed E-state index contributed by atoms with van der Waals surface area (Å²) in [4.78, 5) is 0. The quantitative estimate of drug-likeness (QED) is 0.745. The van der Waals surface area contributed by atoms with Gasteiger partial charge in [0.05, 0.1) is 0 Å². The van der Waals surface area contributed by atoms with E-state index in [1.54, 1.807) is 0 Å². The van der Waals surface area contributed by atoms with E-state index in [0.29, 0.717) is 0 Å². The van der Waals surface area contributed by atoms with Crippen LogP contribution in [0.3, 0.4) is 0 Å². The van der Waals surface area contributed by atoms with Crippen molar-refractivity contribution in [2.45, 2.75) is 3.07 Å². The third kappa shape index (κ3) is 2.43. The average Bonchev–Trinajstić information content (AvgIpc) is 1.67. The highest BCUT2D eigenvalue weighted by Crippen LogP contribution is 2.13. The average molecular weight is 267 g/mol. The molecule has 0 amide bonds. The Labute approximate surface area is 65.1 Å². The molecule has 8 heavy (non-hydrogen) atoms. The number of alkyl halides is 2. The van der Waals surface area contributed by atoms with Gasteiger partial charge in [0, 0.05) is 0 Å². The van der Waals surface area contributed by atoms with Gasteiger partial charge in [0.2, 0.25) is 10.0 Å². The summed E-state index contributed by atoms with van der Waals surface area (Å²) >= 11 is 5.64. The zero-order valence-corrected chi connectivity index (χ0v) is 8.05. The summed E-state index contributed by atoms with van der Waals surface area (Å²) in [5.74, 6) is 0.